The van der Waals surface area contributed by atoms with Crippen molar-refractivity contribution in [3.05, 3.63) is 0 Å². The molecule has 1 aliphatic rings. The lowest BCUT2D eigenvalue weighted by atomic mass is 9.90. The van der Waals surface area contributed by atoms with Crippen LogP contribution in [0, 0.1) is 11.3 Å². The molecular formula is C12H26N2. The Bertz CT molecular complexity index is 170. The van der Waals surface area contributed by atoms with Crippen LogP contribution >= 0.6 is 0 Å². The molecular weight excluding hydrogens is 172 g/mol. The number of nitrogens with two attached hydrogens (primary N) is 1. The summed E-state index contributed by atoms with van der Waals surface area (Å²) in [7, 11) is 0. The molecule has 1 rings (SSSR count). The topological polar surface area (TPSA) is 29.3 Å². The average Bonchev–Trinajstić information content (AvgIpc) is 2.49. The summed E-state index contributed by atoms with van der Waals surface area (Å²) in [5, 5.41) is 0. The summed E-state index contributed by atoms with van der Waals surface area (Å²) in [5.74, 6) is 0.847. The summed E-state index contributed by atoms with van der Waals surface area (Å²) < 4.78 is 0. The fourth-order valence-electron chi connectivity index (χ4n) is 2.47. The molecule has 0 radical (unpaired) electrons. The van der Waals surface area contributed by atoms with Gasteiger partial charge in [-0.15, -0.1) is 0 Å². The predicted molar refractivity (Wildman–Crippen MR) is 62.3 cm³/mol. The van der Waals surface area contributed by atoms with Crippen molar-refractivity contribution < 1.29 is 0 Å². The van der Waals surface area contributed by atoms with Gasteiger partial charge < -0.3 is 10.6 Å². The number of rotatable bonds is 5. The van der Waals surface area contributed by atoms with Crippen molar-refractivity contribution >= 4 is 0 Å². The van der Waals surface area contributed by atoms with Crippen molar-refractivity contribution in [1.29, 1.82) is 0 Å². The zero-order valence-corrected chi connectivity index (χ0v) is 10.1. The van der Waals surface area contributed by atoms with Gasteiger partial charge in [0.1, 0.15) is 0 Å². The second-order valence-corrected chi connectivity index (χ2v) is 5.39. The van der Waals surface area contributed by atoms with Crippen molar-refractivity contribution in [2.45, 2.75) is 40.0 Å². The van der Waals surface area contributed by atoms with E-state index in [1.807, 2.05) is 0 Å². The zero-order valence-electron chi connectivity index (χ0n) is 10.1. The van der Waals surface area contributed by atoms with E-state index in [9.17, 15) is 0 Å². The van der Waals surface area contributed by atoms with Gasteiger partial charge in [-0.2, -0.15) is 0 Å². The molecule has 1 aliphatic heterocycles. The van der Waals surface area contributed by atoms with E-state index in [2.05, 4.69) is 25.7 Å². The summed E-state index contributed by atoms with van der Waals surface area (Å²) in [6, 6.07) is 0. The Labute approximate surface area is 88.8 Å². The maximum Gasteiger partial charge on any atom is 0.00480 e. The van der Waals surface area contributed by atoms with Crippen molar-refractivity contribution in [3.63, 3.8) is 0 Å². The first-order valence-electron chi connectivity index (χ1n) is 6.02. The Kier molecular flexibility index (Phi) is 4.39. The van der Waals surface area contributed by atoms with Gasteiger partial charge in [0.25, 0.3) is 0 Å². The van der Waals surface area contributed by atoms with E-state index in [4.69, 9.17) is 5.73 Å². The first-order chi connectivity index (χ1) is 6.59. The van der Waals surface area contributed by atoms with E-state index >= 15 is 0 Å². The molecule has 2 atom stereocenters. The smallest absolute Gasteiger partial charge is 0.00480 e. The van der Waals surface area contributed by atoms with E-state index in [1.54, 1.807) is 0 Å². The van der Waals surface area contributed by atoms with Crippen LogP contribution in [0.1, 0.15) is 40.0 Å². The lowest BCUT2D eigenvalue weighted by Crippen LogP contribution is -2.33. The first kappa shape index (κ1) is 12.0. The molecule has 0 aliphatic carbocycles. The van der Waals surface area contributed by atoms with Gasteiger partial charge in [-0.05, 0) is 37.3 Å². The van der Waals surface area contributed by atoms with Gasteiger partial charge in [0.05, 0.1) is 0 Å². The Balaban J connectivity index is 2.28. The van der Waals surface area contributed by atoms with Gasteiger partial charge in [0.2, 0.25) is 0 Å². The molecule has 0 bridgehead atoms. The van der Waals surface area contributed by atoms with Crippen LogP contribution < -0.4 is 5.73 Å². The Hall–Kier alpha value is -0.0800. The molecule has 84 valence electrons. The molecule has 2 nitrogen and oxygen atoms in total. The quantitative estimate of drug-likeness (QED) is 0.733. The van der Waals surface area contributed by atoms with Gasteiger partial charge in [-0.3, -0.25) is 0 Å². The van der Waals surface area contributed by atoms with Crippen LogP contribution in [0.25, 0.3) is 0 Å². The van der Waals surface area contributed by atoms with Gasteiger partial charge in [0.15, 0.2) is 0 Å². The van der Waals surface area contributed by atoms with Crippen molar-refractivity contribution in [2.24, 2.45) is 17.1 Å². The van der Waals surface area contributed by atoms with Crippen LogP contribution in [-0.4, -0.2) is 31.1 Å². The molecule has 2 unspecified atom stereocenters. The SMILES string of the molecule is CCCC(C)CN1CCC(C)(CN)C1. The van der Waals surface area contributed by atoms with Gasteiger partial charge in [-0.1, -0.05) is 27.2 Å². The average molecular weight is 198 g/mol. The minimum atomic E-state index is 0.395. The molecule has 1 saturated heterocycles. The second-order valence-electron chi connectivity index (χ2n) is 5.39. The lowest BCUT2D eigenvalue weighted by molar-refractivity contribution is 0.244. The largest absolute Gasteiger partial charge is 0.330 e. The molecule has 0 aromatic rings. The maximum atomic E-state index is 5.79. The van der Waals surface area contributed by atoms with Crippen LogP contribution in [0.5, 0.6) is 0 Å². The van der Waals surface area contributed by atoms with Gasteiger partial charge in [0, 0.05) is 13.1 Å². The highest BCUT2D eigenvalue weighted by Gasteiger charge is 2.32. The van der Waals surface area contributed by atoms with Crippen LogP contribution in [0.3, 0.4) is 0 Å². The molecule has 1 fully saturated rings. The van der Waals surface area contributed by atoms with E-state index in [1.165, 1.54) is 38.9 Å². The molecule has 0 aromatic carbocycles. The minimum absolute atomic E-state index is 0.395. The molecule has 0 saturated carbocycles. The number of likely N-dealkylation sites (tertiary alicyclic amines) is 1. The first-order valence-corrected chi connectivity index (χ1v) is 6.02. The molecule has 0 aromatic heterocycles. The van der Waals surface area contributed by atoms with Crippen LogP contribution in [0.15, 0.2) is 0 Å². The predicted octanol–water partition coefficient (Wildman–Crippen LogP) is 2.09. The summed E-state index contributed by atoms with van der Waals surface area (Å²) >= 11 is 0. The Morgan fingerprint density at radius 1 is 1.50 bits per heavy atom. The Morgan fingerprint density at radius 3 is 2.71 bits per heavy atom. The number of nitrogens with zero attached hydrogens (tertiary/aromatic N) is 1. The highest BCUT2D eigenvalue weighted by Crippen LogP contribution is 2.29. The van der Waals surface area contributed by atoms with Crippen molar-refractivity contribution in [3.8, 4) is 0 Å². The summed E-state index contributed by atoms with van der Waals surface area (Å²) in [6.07, 6.45) is 3.95. The summed E-state index contributed by atoms with van der Waals surface area (Å²) in [5.41, 5.74) is 6.19. The normalized spacial score (nSPS) is 30.9. The van der Waals surface area contributed by atoms with Gasteiger partial charge >= 0.3 is 0 Å². The Morgan fingerprint density at radius 2 is 2.21 bits per heavy atom. The molecule has 2 heteroatoms. The minimum Gasteiger partial charge on any atom is -0.330 e. The molecule has 0 spiro atoms. The third kappa shape index (κ3) is 3.25. The van der Waals surface area contributed by atoms with E-state index in [-0.39, 0.29) is 0 Å². The number of hydrogen-bond donors (Lipinski definition) is 1. The molecule has 2 N–H and O–H groups in total. The van der Waals surface area contributed by atoms with E-state index < -0.39 is 0 Å². The fraction of sp³-hybridized carbons (Fsp3) is 1.00. The third-order valence-electron chi connectivity index (χ3n) is 3.48. The zero-order chi connectivity index (χ0) is 10.6. The monoisotopic (exact) mass is 198 g/mol. The van der Waals surface area contributed by atoms with Crippen molar-refractivity contribution in [2.75, 3.05) is 26.2 Å². The highest BCUT2D eigenvalue weighted by molar-refractivity contribution is 4.87. The fourth-order valence-corrected chi connectivity index (χ4v) is 2.47. The highest BCUT2D eigenvalue weighted by atomic mass is 15.2. The second kappa shape index (κ2) is 5.13. The van der Waals surface area contributed by atoms with Crippen molar-refractivity contribution in [1.82, 2.24) is 4.90 Å². The third-order valence-corrected chi connectivity index (χ3v) is 3.48. The van der Waals surface area contributed by atoms with E-state index in [0.717, 1.165) is 12.5 Å². The van der Waals surface area contributed by atoms with Crippen LogP contribution in [0.4, 0.5) is 0 Å². The molecule has 1 heterocycles. The standard InChI is InChI=1S/C12H26N2/c1-4-5-11(2)8-14-7-6-12(3,9-13)10-14/h11H,4-10,13H2,1-3H3. The van der Waals surface area contributed by atoms with Crippen LogP contribution in [-0.2, 0) is 0 Å². The summed E-state index contributed by atoms with van der Waals surface area (Å²) in [6.45, 7) is 11.5. The summed E-state index contributed by atoms with van der Waals surface area (Å²) in [4.78, 5) is 2.59. The lowest BCUT2D eigenvalue weighted by Gasteiger charge is -2.24. The number of hydrogen-bond acceptors (Lipinski definition) is 2. The van der Waals surface area contributed by atoms with Gasteiger partial charge in [-0.25, -0.2) is 0 Å². The van der Waals surface area contributed by atoms with E-state index in [0.29, 0.717) is 5.41 Å². The maximum absolute atomic E-state index is 5.79. The van der Waals surface area contributed by atoms with Crippen LogP contribution in [0.2, 0.25) is 0 Å². The molecule has 0 amide bonds. The molecule has 14 heavy (non-hydrogen) atoms.